The minimum atomic E-state index is 0.0712. The molecule has 3 N–H and O–H groups in total. The van der Waals surface area contributed by atoms with Crippen LogP contribution in [-0.4, -0.2) is 5.84 Å². The Morgan fingerprint density at radius 3 is 2.20 bits per heavy atom. The van der Waals surface area contributed by atoms with E-state index >= 15 is 0 Å². The molecule has 0 saturated heterocycles. The largest absolute Gasteiger partial charge is 0.488 e. The van der Waals surface area contributed by atoms with Crippen LogP contribution in [0.5, 0.6) is 5.75 Å². The minimum absolute atomic E-state index is 0.0712. The van der Waals surface area contributed by atoms with Gasteiger partial charge in [0.25, 0.3) is 0 Å². The lowest BCUT2D eigenvalue weighted by Gasteiger charge is -2.13. The highest BCUT2D eigenvalue weighted by molar-refractivity contribution is 6.30. The van der Waals surface area contributed by atoms with Crippen LogP contribution in [0.15, 0.2) is 36.4 Å². The van der Waals surface area contributed by atoms with E-state index < -0.39 is 0 Å². The van der Waals surface area contributed by atoms with Gasteiger partial charge in [-0.3, -0.25) is 5.41 Å². The summed E-state index contributed by atoms with van der Waals surface area (Å²) in [7, 11) is 0. The molecule has 0 radical (unpaired) electrons. The number of hydrogen-bond donors (Lipinski definition) is 2. The van der Waals surface area contributed by atoms with E-state index in [-0.39, 0.29) is 5.84 Å². The zero-order valence-corrected chi connectivity index (χ0v) is 12.3. The van der Waals surface area contributed by atoms with Crippen LogP contribution in [0.2, 0.25) is 5.02 Å². The summed E-state index contributed by atoms with van der Waals surface area (Å²) in [4.78, 5) is 0. The molecule has 2 rings (SSSR count). The zero-order chi connectivity index (χ0) is 14.7. The maximum absolute atomic E-state index is 7.35. The molecular weight excluding hydrogens is 272 g/mol. The van der Waals surface area contributed by atoms with Crippen LogP contribution in [0, 0.1) is 19.3 Å². The van der Waals surface area contributed by atoms with Crippen LogP contribution in [0.25, 0.3) is 0 Å². The van der Waals surface area contributed by atoms with Crippen molar-refractivity contribution in [3.8, 4) is 5.75 Å². The highest BCUT2D eigenvalue weighted by atomic mass is 35.5. The summed E-state index contributed by atoms with van der Waals surface area (Å²) in [6, 6.07) is 11.3. The number of hydrogen-bond acceptors (Lipinski definition) is 2. The van der Waals surface area contributed by atoms with Crippen LogP contribution in [0.4, 0.5) is 0 Å². The van der Waals surface area contributed by atoms with Gasteiger partial charge in [-0.05, 0) is 42.7 Å². The first-order valence-corrected chi connectivity index (χ1v) is 6.68. The van der Waals surface area contributed by atoms with Crippen molar-refractivity contribution in [3.05, 3.63) is 63.7 Å². The van der Waals surface area contributed by atoms with E-state index in [1.54, 1.807) is 0 Å². The van der Waals surface area contributed by atoms with E-state index in [2.05, 4.69) is 0 Å². The van der Waals surface area contributed by atoms with Gasteiger partial charge in [0.2, 0.25) is 0 Å². The van der Waals surface area contributed by atoms with Crippen LogP contribution >= 0.6 is 11.6 Å². The number of nitrogens with two attached hydrogens (primary N) is 1. The number of amidine groups is 1. The molecule has 0 spiro atoms. The number of rotatable bonds is 4. The topological polar surface area (TPSA) is 59.1 Å². The Hall–Kier alpha value is -2.00. The standard InChI is InChI=1S/C16H17ClN2O/c1-10-7-14(17)8-11(2)15(10)20-9-12-3-5-13(6-4-12)16(18)19/h3-8H,9H2,1-2H3,(H3,18,19). The van der Waals surface area contributed by atoms with Crippen LogP contribution in [0.1, 0.15) is 22.3 Å². The lowest BCUT2D eigenvalue weighted by atomic mass is 10.1. The fourth-order valence-electron chi connectivity index (χ4n) is 2.06. The third-order valence-corrected chi connectivity index (χ3v) is 3.29. The third kappa shape index (κ3) is 3.31. The highest BCUT2D eigenvalue weighted by Gasteiger charge is 2.06. The average Bonchev–Trinajstić information content (AvgIpc) is 2.38. The Kier molecular flexibility index (Phi) is 4.30. The Morgan fingerprint density at radius 1 is 1.15 bits per heavy atom. The van der Waals surface area contributed by atoms with Crippen molar-refractivity contribution in [3.63, 3.8) is 0 Å². The molecule has 0 unspecified atom stereocenters. The summed E-state index contributed by atoms with van der Waals surface area (Å²) in [5.74, 6) is 0.937. The summed E-state index contributed by atoms with van der Waals surface area (Å²) in [5.41, 5.74) is 9.22. The van der Waals surface area contributed by atoms with E-state index in [9.17, 15) is 0 Å². The molecule has 0 saturated carbocycles. The van der Waals surface area contributed by atoms with Gasteiger partial charge in [0.15, 0.2) is 0 Å². The molecule has 0 heterocycles. The number of aryl methyl sites for hydroxylation is 2. The third-order valence-electron chi connectivity index (χ3n) is 3.07. The first-order chi connectivity index (χ1) is 9.47. The van der Waals surface area contributed by atoms with E-state index in [1.807, 2.05) is 50.2 Å². The van der Waals surface area contributed by atoms with Crippen molar-refractivity contribution in [2.75, 3.05) is 0 Å². The van der Waals surface area contributed by atoms with Gasteiger partial charge in [-0.15, -0.1) is 0 Å². The summed E-state index contributed by atoms with van der Waals surface area (Å²) < 4.78 is 5.87. The van der Waals surface area contributed by atoms with E-state index in [1.165, 1.54) is 0 Å². The van der Waals surface area contributed by atoms with Crippen molar-refractivity contribution >= 4 is 17.4 Å². The first kappa shape index (κ1) is 14.4. The summed E-state index contributed by atoms with van der Waals surface area (Å²) >= 11 is 6.00. The number of nitrogen functional groups attached to an aromatic ring is 1. The molecule has 0 amide bonds. The number of nitrogens with one attached hydrogen (secondary N) is 1. The second kappa shape index (κ2) is 5.97. The highest BCUT2D eigenvalue weighted by Crippen LogP contribution is 2.27. The van der Waals surface area contributed by atoms with Gasteiger partial charge in [-0.2, -0.15) is 0 Å². The van der Waals surface area contributed by atoms with Crippen LogP contribution in [-0.2, 0) is 6.61 Å². The minimum Gasteiger partial charge on any atom is -0.488 e. The molecule has 2 aromatic carbocycles. The lowest BCUT2D eigenvalue weighted by molar-refractivity contribution is 0.302. The predicted octanol–water partition coefficient (Wildman–Crippen LogP) is 3.82. The molecule has 0 aliphatic rings. The van der Waals surface area contributed by atoms with Crippen LogP contribution < -0.4 is 10.5 Å². The molecular formula is C16H17ClN2O. The molecule has 0 atom stereocenters. The summed E-state index contributed by atoms with van der Waals surface area (Å²) in [6.45, 7) is 4.43. The fraction of sp³-hybridized carbons (Fsp3) is 0.188. The van der Waals surface area contributed by atoms with E-state index in [4.69, 9.17) is 27.5 Å². The van der Waals surface area contributed by atoms with Gasteiger partial charge in [-0.25, -0.2) is 0 Å². The number of ether oxygens (including phenoxy) is 1. The second-order valence-electron chi connectivity index (χ2n) is 4.77. The first-order valence-electron chi connectivity index (χ1n) is 6.30. The molecule has 4 heteroatoms. The normalized spacial score (nSPS) is 10.3. The monoisotopic (exact) mass is 288 g/mol. The summed E-state index contributed by atoms with van der Waals surface area (Å²) in [5, 5.41) is 8.07. The molecule has 0 aromatic heterocycles. The molecule has 0 fully saturated rings. The molecule has 20 heavy (non-hydrogen) atoms. The van der Waals surface area contributed by atoms with Crippen molar-refractivity contribution in [2.24, 2.45) is 5.73 Å². The molecule has 2 aromatic rings. The molecule has 0 bridgehead atoms. The van der Waals surface area contributed by atoms with Gasteiger partial charge in [-0.1, -0.05) is 35.9 Å². The smallest absolute Gasteiger partial charge is 0.125 e. The Labute approximate surface area is 123 Å². The molecule has 3 nitrogen and oxygen atoms in total. The average molecular weight is 289 g/mol. The van der Waals surface area contributed by atoms with Crippen LogP contribution in [0.3, 0.4) is 0 Å². The summed E-state index contributed by atoms with van der Waals surface area (Å²) in [6.07, 6.45) is 0. The SMILES string of the molecule is Cc1cc(Cl)cc(C)c1OCc1ccc(C(=N)N)cc1. The maximum Gasteiger partial charge on any atom is 0.125 e. The molecule has 0 aliphatic heterocycles. The van der Waals surface area contributed by atoms with Crippen molar-refractivity contribution < 1.29 is 4.74 Å². The van der Waals surface area contributed by atoms with E-state index in [0.717, 1.165) is 27.5 Å². The quantitative estimate of drug-likeness (QED) is 0.664. The van der Waals surface area contributed by atoms with Crippen molar-refractivity contribution in [2.45, 2.75) is 20.5 Å². The maximum atomic E-state index is 7.35. The van der Waals surface area contributed by atoms with Gasteiger partial charge in [0.1, 0.15) is 18.2 Å². The number of benzene rings is 2. The van der Waals surface area contributed by atoms with E-state index in [0.29, 0.717) is 12.2 Å². The Bertz CT molecular complexity index is 612. The van der Waals surface area contributed by atoms with Crippen molar-refractivity contribution in [1.29, 1.82) is 5.41 Å². The zero-order valence-electron chi connectivity index (χ0n) is 11.5. The Morgan fingerprint density at radius 2 is 1.70 bits per heavy atom. The second-order valence-corrected chi connectivity index (χ2v) is 5.20. The fourth-order valence-corrected chi connectivity index (χ4v) is 2.39. The Balaban J connectivity index is 2.11. The van der Waals surface area contributed by atoms with Gasteiger partial charge >= 0.3 is 0 Å². The molecule has 104 valence electrons. The molecule has 0 aliphatic carbocycles. The predicted molar refractivity (Wildman–Crippen MR) is 82.7 cm³/mol. The van der Waals surface area contributed by atoms with Gasteiger partial charge in [0.05, 0.1) is 0 Å². The van der Waals surface area contributed by atoms with Gasteiger partial charge < -0.3 is 10.5 Å². The van der Waals surface area contributed by atoms with Gasteiger partial charge in [0, 0.05) is 10.6 Å². The van der Waals surface area contributed by atoms with Crippen molar-refractivity contribution in [1.82, 2.24) is 0 Å². The number of halogens is 1. The lowest BCUT2D eigenvalue weighted by Crippen LogP contribution is -2.10.